The van der Waals surface area contributed by atoms with Crippen LogP contribution in [0.2, 0.25) is 0 Å². The Morgan fingerprint density at radius 2 is 1.58 bits per heavy atom. The molecule has 1 saturated carbocycles. The van der Waals surface area contributed by atoms with E-state index in [1.807, 2.05) is 48.5 Å². The standard InChI is InChI=1S/C28H38N2O3/c1-21-18-22(2)20-30(19-21)16-17-33-26-12-8-24(9-13-26)29-27(31)28(14-4-5-15-28)23-6-10-25(32-3)11-7-23/h6-13,21-22H,4-5,14-20H2,1-3H3,(H,29,31)/t21-,22+. The van der Waals surface area contributed by atoms with Crippen LogP contribution < -0.4 is 14.8 Å². The van der Waals surface area contributed by atoms with E-state index < -0.39 is 5.41 Å². The lowest BCUT2D eigenvalue weighted by molar-refractivity contribution is -0.121. The number of benzene rings is 2. The van der Waals surface area contributed by atoms with Crippen LogP contribution in [0.25, 0.3) is 0 Å². The Bertz CT molecular complexity index is 894. The first kappa shape index (κ1) is 23.6. The molecular formula is C28H38N2O3. The van der Waals surface area contributed by atoms with Crippen molar-refractivity contribution in [1.29, 1.82) is 0 Å². The summed E-state index contributed by atoms with van der Waals surface area (Å²) in [6.07, 6.45) is 5.21. The molecule has 178 valence electrons. The Kier molecular flexibility index (Phi) is 7.59. The zero-order valence-corrected chi connectivity index (χ0v) is 20.3. The zero-order valence-electron chi connectivity index (χ0n) is 20.3. The maximum atomic E-state index is 13.4. The van der Waals surface area contributed by atoms with Gasteiger partial charge < -0.3 is 14.8 Å². The minimum absolute atomic E-state index is 0.0761. The van der Waals surface area contributed by atoms with Gasteiger partial charge in [-0.2, -0.15) is 0 Å². The Morgan fingerprint density at radius 1 is 0.970 bits per heavy atom. The number of likely N-dealkylation sites (tertiary alicyclic amines) is 1. The maximum absolute atomic E-state index is 13.4. The topological polar surface area (TPSA) is 50.8 Å². The van der Waals surface area contributed by atoms with Gasteiger partial charge in [-0.25, -0.2) is 0 Å². The van der Waals surface area contributed by atoms with Gasteiger partial charge in [0.05, 0.1) is 12.5 Å². The second kappa shape index (κ2) is 10.6. The Morgan fingerprint density at radius 3 is 2.18 bits per heavy atom. The number of rotatable bonds is 8. The van der Waals surface area contributed by atoms with Crippen LogP contribution in [-0.4, -0.2) is 44.2 Å². The SMILES string of the molecule is COc1ccc(C2(C(=O)Nc3ccc(OCCN4C[C@H](C)C[C@H](C)C4)cc3)CCCC2)cc1. The third kappa shape index (κ3) is 5.70. The average molecular weight is 451 g/mol. The van der Waals surface area contributed by atoms with Gasteiger partial charge in [-0.05, 0) is 73.1 Å². The van der Waals surface area contributed by atoms with Crippen LogP contribution in [-0.2, 0) is 10.2 Å². The lowest BCUT2D eigenvalue weighted by Crippen LogP contribution is -2.40. The molecule has 1 saturated heterocycles. The molecule has 2 aliphatic rings. The van der Waals surface area contributed by atoms with Crippen molar-refractivity contribution in [2.75, 3.05) is 38.7 Å². The van der Waals surface area contributed by atoms with Gasteiger partial charge in [0.15, 0.2) is 0 Å². The number of piperidine rings is 1. The van der Waals surface area contributed by atoms with Gasteiger partial charge in [0, 0.05) is 25.3 Å². The van der Waals surface area contributed by atoms with Crippen molar-refractivity contribution in [2.45, 2.75) is 51.4 Å². The number of hydrogen-bond acceptors (Lipinski definition) is 4. The van der Waals surface area contributed by atoms with Crippen molar-refractivity contribution >= 4 is 11.6 Å². The quantitative estimate of drug-likeness (QED) is 0.577. The van der Waals surface area contributed by atoms with E-state index in [9.17, 15) is 4.79 Å². The summed E-state index contributed by atoms with van der Waals surface area (Å²) in [6, 6.07) is 15.7. The highest BCUT2D eigenvalue weighted by Crippen LogP contribution is 2.42. The molecule has 0 unspecified atom stereocenters. The van der Waals surface area contributed by atoms with Gasteiger partial charge in [-0.1, -0.05) is 38.8 Å². The summed E-state index contributed by atoms with van der Waals surface area (Å²) in [5, 5.41) is 3.16. The van der Waals surface area contributed by atoms with Gasteiger partial charge >= 0.3 is 0 Å². The van der Waals surface area contributed by atoms with E-state index in [0.29, 0.717) is 6.61 Å². The van der Waals surface area contributed by atoms with Crippen LogP contribution in [0.1, 0.15) is 51.5 Å². The highest BCUT2D eigenvalue weighted by molar-refractivity contribution is 5.99. The molecular weight excluding hydrogens is 412 g/mol. The van der Waals surface area contributed by atoms with E-state index in [4.69, 9.17) is 9.47 Å². The number of nitrogens with zero attached hydrogens (tertiary/aromatic N) is 1. The molecule has 1 aliphatic heterocycles. The number of hydrogen-bond donors (Lipinski definition) is 1. The van der Waals surface area contributed by atoms with E-state index in [1.165, 1.54) is 6.42 Å². The molecule has 5 nitrogen and oxygen atoms in total. The fourth-order valence-electron chi connectivity index (χ4n) is 5.69. The molecule has 2 aromatic rings. The number of amides is 1. The molecule has 0 bridgehead atoms. The smallest absolute Gasteiger partial charge is 0.235 e. The van der Waals surface area contributed by atoms with Crippen LogP contribution >= 0.6 is 0 Å². The first-order chi connectivity index (χ1) is 16.0. The summed E-state index contributed by atoms with van der Waals surface area (Å²) < 4.78 is 11.3. The fourth-order valence-corrected chi connectivity index (χ4v) is 5.69. The van der Waals surface area contributed by atoms with Crippen LogP contribution in [0.15, 0.2) is 48.5 Å². The van der Waals surface area contributed by atoms with Crippen LogP contribution in [0.4, 0.5) is 5.69 Å². The van der Waals surface area contributed by atoms with E-state index in [1.54, 1.807) is 7.11 Å². The molecule has 0 spiro atoms. The van der Waals surface area contributed by atoms with Crippen molar-refractivity contribution in [3.8, 4) is 11.5 Å². The van der Waals surface area contributed by atoms with Gasteiger partial charge in [0.25, 0.3) is 0 Å². The van der Waals surface area contributed by atoms with Crippen molar-refractivity contribution in [1.82, 2.24) is 4.90 Å². The molecule has 1 heterocycles. The zero-order chi connectivity index (χ0) is 23.3. The second-order valence-electron chi connectivity index (χ2n) is 10.1. The van der Waals surface area contributed by atoms with Gasteiger partial charge in [-0.15, -0.1) is 0 Å². The van der Waals surface area contributed by atoms with Crippen molar-refractivity contribution in [3.05, 3.63) is 54.1 Å². The van der Waals surface area contributed by atoms with Crippen molar-refractivity contribution in [3.63, 3.8) is 0 Å². The highest BCUT2D eigenvalue weighted by Gasteiger charge is 2.42. The highest BCUT2D eigenvalue weighted by atomic mass is 16.5. The number of carbonyl (C=O) groups is 1. The Balaban J connectivity index is 1.33. The molecule has 2 atom stereocenters. The van der Waals surface area contributed by atoms with Gasteiger partial charge in [-0.3, -0.25) is 9.69 Å². The van der Waals surface area contributed by atoms with Crippen LogP contribution in [0, 0.1) is 11.8 Å². The van der Waals surface area contributed by atoms with E-state index >= 15 is 0 Å². The normalized spacial score (nSPS) is 22.6. The minimum atomic E-state index is -0.468. The van der Waals surface area contributed by atoms with Gasteiger partial charge in [0.1, 0.15) is 18.1 Å². The number of nitrogens with one attached hydrogen (secondary N) is 1. The second-order valence-corrected chi connectivity index (χ2v) is 10.1. The number of ether oxygens (including phenoxy) is 2. The van der Waals surface area contributed by atoms with Crippen molar-refractivity contribution in [2.24, 2.45) is 11.8 Å². The predicted octanol–water partition coefficient (Wildman–Crippen LogP) is 5.50. The first-order valence-corrected chi connectivity index (χ1v) is 12.4. The molecule has 0 radical (unpaired) electrons. The summed E-state index contributed by atoms with van der Waals surface area (Å²) in [5.74, 6) is 3.26. The summed E-state index contributed by atoms with van der Waals surface area (Å²) >= 11 is 0. The molecule has 33 heavy (non-hydrogen) atoms. The molecule has 5 heteroatoms. The molecule has 4 rings (SSSR count). The van der Waals surface area contributed by atoms with Gasteiger partial charge in [0.2, 0.25) is 5.91 Å². The number of methoxy groups -OCH3 is 1. The Hall–Kier alpha value is -2.53. The lowest BCUT2D eigenvalue weighted by atomic mass is 9.78. The molecule has 2 aromatic carbocycles. The summed E-state index contributed by atoms with van der Waals surface area (Å²) in [4.78, 5) is 15.9. The third-order valence-corrected chi connectivity index (χ3v) is 7.27. The molecule has 0 aromatic heterocycles. The fraction of sp³-hybridized carbons (Fsp3) is 0.536. The average Bonchev–Trinajstić information content (AvgIpc) is 3.31. The largest absolute Gasteiger partial charge is 0.497 e. The molecule has 1 amide bonds. The van der Waals surface area contributed by atoms with E-state index in [0.717, 1.165) is 79.9 Å². The van der Waals surface area contributed by atoms with Crippen LogP contribution in [0.3, 0.4) is 0 Å². The molecule has 2 fully saturated rings. The number of carbonyl (C=O) groups excluding carboxylic acids is 1. The molecule has 1 N–H and O–H groups in total. The minimum Gasteiger partial charge on any atom is -0.497 e. The third-order valence-electron chi connectivity index (χ3n) is 7.27. The lowest BCUT2D eigenvalue weighted by Gasteiger charge is -2.34. The van der Waals surface area contributed by atoms with E-state index in [2.05, 4.69) is 24.1 Å². The summed E-state index contributed by atoms with van der Waals surface area (Å²) in [5.41, 5.74) is 1.41. The summed E-state index contributed by atoms with van der Waals surface area (Å²) in [6.45, 7) is 8.63. The van der Waals surface area contributed by atoms with Crippen LogP contribution in [0.5, 0.6) is 11.5 Å². The predicted molar refractivity (Wildman–Crippen MR) is 133 cm³/mol. The maximum Gasteiger partial charge on any atom is 0.235 e. The van der Waals surface area contributed by atoms with E-state index in [-0.39, 0.29) is 5.91 Å². The first-order valence-electron chi connectivity index (χ1n) is 12.4. The van der Waals surface area contributed by atoms with Crippen molar-refractivity contribution < 1.29 is 14.3 Å². The number of anilines is 1. The Labute approximate surface area is 198 Å². The molecule has 1 aliphatic carbocycles. The monoisotopic (exact) mass is 450 g/mol. The summed E-state index contributed by atoms with van der Waals surface area (Å²) in [7, 11) is 1.66.